The van der Waals surface area contributed by atoms with E-state index in [0.717, 1.165) is 50.4 Å². The smallest absolute Gasteiger partial charge is 0.338 e. The maximum atomic E-state index is 13.0. The second-order valence-electron chi connectivity index (χ2n) is 10.2. The van der Waals surface area contributed by atoms with E-state index in [1.54, 1.807) is 52.5 Å². The molecule has 0 atom stereocenters. The van der Waals surface area contributed by atoms with Gasteiger partial charge in [-0.15, -0.1) is 0 Å². The summed E-state index contributed by atoms with van der Waals surface area (Å²) in [5.74, 6) is 1.69. The molecule has 1 N–H and O–H groups in total. The lowest BCUT2D eigenvalue weighted by Gasteiger charge is -2.35. The Balaban J connectivity index is 1.35. The summed E-state index contributed by atoms with van der Waals surface area (Å²) >= 11 is 0. The van der Waals surface area contributed by atoms with Gasteiger partial charge in [-0.1, -0.05) is 23.8 Å². The van der Waals surface area contributed by atoms with Crippen LogP contribution in [-0.4, -0.2) is 88.9 Å². The Kier molecular flexibility index (Phi) is 11.2. The van der Waals surface area contributed by atoms with Gasteiger partial charge in [-0.05, 0) is 50.2 Å². The Hall–Kier alpha value is -4.28. The third-order valence-corrected chi connectivity index (χ3v) is 7.33. The first-order chi connectivity index (χ1) is 20.9. The molecule has 10 heteroatoms. The third kappa shape index (κ3) is 8.18. The lowest BCUT2D eigenvalue weighted by Crippen LogP contribution is -2.47. The molecule has 1 amide bonds. The van der Waals surface area contributed by atoms with E-state index in [-0.39, 0.29) is 12.5 Å². The van der Waals surface area contributed by atoms with Crippen molar-refractivity contribution in [3.05, 3.63) is 76.9 Å². The number of nitrogens with zero attached hydrogens (tertiary/aromatic N) is 2. The largest absolute Gasteiger partial charge is 0.493 e. The molecule has 1 heterocycles. The zero-order valence-corrected chi connectivity index (χ0v) is 25.6. The van der Waals surface area contributed by atoms with Crippen molar-refractivity contribution in [1.82, 2.24) is 9.80 Å². The highest BCUT2D eigenvalue weighted by Crippen LogP contribution is 2.40. The van der Waals surface area contributed by atoms with Crippen molar-refractivity contribution in [2.24, 2.45) is 0 Å². The van der Waals surface area contributed by atoms with Gasteiger partial charge in [0.1, 0.15) is 12.4 Å². The SMILES string of the molecule is CCOC(=O)c1ccc(OCCN2CCN(Cc3ccc(OC)c(OC)c3OC)CC2)c(NC(=O)c2cccc(C)c2)c1. The zero-order chi connectivity index (χ0) is 30.8. The number of hydrogen-bond acceptors (Lipinski definition) is 9. The number of nitrogens with one attached hydrogen (secondary N) is 1. The van der Waals surface area contributed by atoms with Crippen LogP contribution in [0.3, 0.4) is 0 Å². The fourth-order valence-corrected chi connectivity index (χ4v) is 5.06. The molecule has 3 aromatic rings. The van der Waals surface area contributed by atoms with Crippen LogP contribution < -0.4 is 24.3 Å². The van der Waals surface area contributed by atoms with Crippen LogP contribution in [0.25, 0.3) is 0 Å². The number of ether oxygens (including phenoxy) is 5. The van der Waals surface area contributed by atoms with Crippen LogP contribution in [0, 0.1) is 6.92 Å². The van der Waals surface area contributed by atoms with E-state index in [9.17, 15) is 9.59 Å². The van der Waals surface area contributed by atoms with E-state index in [4.69, 9.17) is 23.7 Å². The molecule has 0 spiro atoms. The van der Waals surface area contributed by atoms with Crippen LogP contribution >= 0.6 is 0 Å². The van der Waals surface area contributed by atoms with Gasteiger partial charge in [0.2, 0.25) is 5.75 Å². The number of anilines is 1. The Morgan fingerprint density at radius 2 is 1.53 bits per heavy atom. The summed E-state index contributed by atoms with van der Waals surface area (Å²) in [5.41, 5.74) is 3.31. The average molecular weight is 592 g/mol. The lowest BCUT2D eigenvalue weighted by molar-refractivity contribution is 0.0526. The van der Waals surface area contributed by atoms with Gasteiger partial charge in [-0.3, -0.25) is 14.6 Å². The first-order valence-corrected chi connectivity index (χ1v) is 14.4. The number of benzene rings is 3. The molecule has 1 fully saturated rings. The number of hydrogen-bond donors (Lipinski definition) is 1. The van der Waals surface area contributed by atoms with Gasteiger partial charge in [0.05, 0.1) is 39.2 Å². The molecule has 0 unspecified atom stereocenters. The fraction of sp³-hybridized carbons (Fsp3) is 0.394. The van der Waals surface area contributed by atoms with Gasteiger partial charge in [0.15, 0.2) is 11.5 Å². The Labute approximate surface area is 253 Å². The summed E-state index contributed by atoms with van der Waals surface area (Å²) in [6.07, 6.45) is 0. The number of piperazine rings is 1. The Morgan fingerprint density at radius 1 is 0.814 bits per heavy atom. The molecule has 0 bridgehead atoms. The minimum atomic E-state index is -0.455. The van der Waals surface area contributed by atoms with Crippen molar-refractivity contribution >= 4 is 17.6 Å². The van der Waals surface area contributed by atoms with Crippen molar-refractivity contribution in [3.8, 4) is 23.0 Å². The van der Waals surface area contributed by atoms with E-state index in [1.165, 1.54) is 0 Å². The summed E-state index contributed by atoms with van der Waals surface area (Å²) in [5, 5.41) is 2.91. The monoisotopic (exact) mass is 591 g/mol. The van der Waals surface area contributed by atoms with E-state index in [0.29, 0.717) is 46.4 Å². The molecule has 1 aliphatic rings. The Morgan fingerprint density at radius 3 is 2.21 bits per heavy atom. The summed E-state index contributed by atoms with van der Waals surface area (Å²) in [6, 6.07) is 16.2. The molecular formula is C33H41N3O7. The normalized spacial score (nSPS) is 13.7. The number of carbonyl (C=O) groups excluding carboxylic acids is 2. The quantitative estimate of drug-likeness (QED) is 0.285. The first-order valence-electron chi connectivity index (χ1n) is 14.4. The molecule has 0 radical (unpaired) electrons. The lowest BCUT2D eigenvalue weighted by atomic mass is 10.1. The Bertz CT molecular complexity index is 1400. The topological polar surface area (TPSA) is 98.8 Å². The van der Waals surface area contributed by atoms with E-state index < -0.39 is 5.97 Å². The minimum absolute atomic E-state index is 0.261. The summed E-state index contributed by atoms with van der Waals surface area (Å²) in [7, 11) is 4.87. The van der Waals surface area contributed by atoms with Gasteiger partial charge in [0, 0.05) is 50.4 Å². The molecule has 230 valence electrons. The van der Waals surface area contributed by atoms with E-state index >= 15 is 0 Å². The van der Waals surface area contributed by atoms with Gasteiger partial charge in [-0.25, -0.2) is 4.79 Å². The van der Waals surface area contributed by atoms with Gasteiger partial charge in [0.25, 0.3) is 5.91 Å². The fourth-order valence-electron chi connectivity index (χ4n) is 5.06. The van der Waals surface area contributed by atoms with Crippen LogP contribution in [-0.2, 0) is 11.3 Å². The molecule has 3 aromatic carbocycles. The first kappa shape index (κ1) is 31.7. The predicted molar refractivity (Wildman–Crippen MR) is 165 cm³/mol. The van der Waals surface area contributed by atoms with Crippen molar-refractivity contribution in [2.75, 3.05) is 72.6 Å². The molecule has 1 saturated heterocycles. The zero-order valence-electron chi connectivity index (χ0n) is 25.6. The van der Waals surface area contributed by atoms with Gasteiger partial charge in [-0.2, -0.15) is 0 Å². The van der Waals surface area contributed by atoms with Crippen LogP contribution in [0.15, 0.2) is 54.6 Å². The van der Waals surface area contributed by atoms with Crippen LogP contribution in [0.5, 0.6) is 23.0 Å². The van der Waals surface area contributed by atoms with E-state index in [1.807, 2.05) is 37.3 Å². The van der Waals surface area contributed by atoms with E-state index in [2.05, 4.69) is 15.1 Å². The second-order valence-corrected chi connectivity index (χ2v) is 10.2. The third-order valence-electron chi connectivity index (χ3n) is 7.33. The predicted octanol–water partition coefficient (Wildman–Crippen LogP) is 4.65. The number of methoxy groups -OCH3 is 3. The standard InChI is InChI=1S/C33H41N3O7/c1-6-42-33(38)25-10-12-28(27(21-25)34-32(37)24-9-7-8-23(2)20-24)43-19-18-35-14-16-36(17-15-35)22-26-11-13-29(39-3)31(41-5)30(26)40-4/h7-13,20-21H,6,14-19,22H2,1-5H3,(H,34,37). The van der Waals surface area contributed by atoms with Crippen LogP contribution in [0.4, 0.5) is 5.69 Å². The van der Waals surface area contributed by atoms with Crippen molar-refractivity contribution in [2.45, 2.75) is 20.4 Å². The number of rotatable bonds is 13. The van der Waals surface area contributed by atoms with Crippen molar-refractivity contribution < 1.29 is 33.3 Å². The summed E-state index contributed by atoms with van der Waals surface area (Å²) in [4.78, 5) is 30.1. The maximum Gasteiger partial charge on any atom is 0.338 e. The number of carbonyl (C=O) groups is 2. The van der Waals surface area contributed by atoms with Crippen molar-refractivity contribution in [1.29, 1.82) is 0 Å². The molecular weight excluding hydrogens is 550 g/mol. The highest BCUT2D eigenvalue weighted by Gasteiger charge is 2.22. The highest BCUT2D eigenvalue weighted by atomic mass is 16.5. The van der Waals surface area contributed by atoms with Crippen LogP contribution in [0.2, 0.25) is 0 Å². The number of aryl methyl sites for hydroxylation is 1. The molecule has 0 aromatic heterocycles. The minimum Gasteiger partial charge on any atom is -0.493 e. The van der Waals surface area contributed by atoms with Gasteiger partial charge >= 0.3 is 5.97 Å². The molecule has 1 aliphatic heterocycles. The molecule has 43 heavy (non-hydrogen) atoms. The second kappa shape index (κ2) is 15.3. The van der Waals surface area contributed by atoms with Gasteiger partial charge < -0.3 is 29.0 Å². The molecule has 4 rings (SSSR count). The average Bonchev–Trinajstić information content (AvgIpc) is 3.02. The van der Waals surface area contributed by atoms with Crippen LogP contribution in [0.1, 0.15) is 38.8 Å². The summed E-state index contributed by atoms with van der Waals surface area (Å²) < 4.78 is 27.9. The van der Waals surface area contributed by atoms with Crippen molar-refractivity contribution in [3.63, 3.8) is 0 Å². The number of esters is 1. The highest BCUT2D eigenvalue weighted by molar-refractivity contribution is 6.05. The molecule has 10 nitrogen and oxygen atoms in total. The number of amides is 1. The summed E-state index contributed by atoms with van der Waals surface area (Å²) in [6.45, 7) is 9.39. The molecule has 0 aliphatic carbocycles. The molecule has 0 saturated carbocycles. The maximum absolute atomic E-state index is 13.0.